The second-order valence-electron chi connectivity index (χ2n) is 9.38. The Bertz CT molecular complexity index is 1230. The van der Waals surface area contributed by atoms with E-state index in [9.17, 15) is 32.3 Å². The summed E-state index contributed by atoms with van der Waals surface area (Å²) in [6, 6.07) is 12.8. The molecule has 2 aromatic carbocycles. The SMILES string of the molecule is COCC(=O)N1C=C(c2ccccc2)N(N(C(C)=O)C(Cc2ccccc2)C(=O)C(F)(F)F)C(=O)[C@H]1C(C)C. The van der Waals surface area contributed by atoms with Crippen molar-refractivity contribution in [1.29, 1.82) is 0 Å². The normalized spacial score (nSPS) is 16.7. The zero-order valence-electron chi connectivity index (χ0n) is 22.0. The number of carbonyl (C=O) groups is 4. The van der Waals surface area contributed by atoms with Gasteiger partial charge in [0.15, 0.2) is 0 Å². The number of ketones is 1. The zero-order valence-corrected chi connectivity index (χ0v) is 22.0. The van der Waals surface area contributed by atoms with Gasteiger partial charge in [0, 0.05) is 32.2 Å². The van der Waals surface area contributed by atoms with Crippen molar-refractivity contribution in [2.24, 2.45) is 5.92 Å². The molecule has 2 atom stereocenters. The van der Waals surface area contributed by atoms with Gasteiger partial charge < -0.3 is 9.64 Å². The molecule has 0 aromatic heterocycles. The van der Waals surface area contributed by atoms with E-state index in [0.29, 0.717) is 16.1 Å². The highest BCUT2D eigenvalue weighted by atomic mass is 19.4. The number of rotatable bonds is 9. The number of benzene rings is 2. The van der Waals surface area contributed by atoms with Crippen molar-refractivity contribution in [2.45, 2.75) is 45.5 Å². The highest BCUT2D eigenvalue weighted by Crippen LogP contribution is 2.34. The first-order valence-electron chi connectivity index (χ1n) is 12.2. The maximum Gasteiger partial charge on any atom is 0.452 e. The Labute approximate surface area is 224 Å². The van der Waals surface area contributed by atoms with E-state index in [1.165, 1.54) is 30.3 Å². The van der Waals surface area contributed by atoms with Gasteiger partial charge in [-0.25, -0.2) is 10.0 Å². The van der Waals surface area contributed by atoms with Crippen molar-refractivity contribution in [3.8, 4) is 0 Å². The van der Waals surface area contributed by atoms with Crippen molar-refractivity contribution in [1.82, 2.24) is 14.9 Å². The summed E-state index contributed by atoms with van der Waals surface area (Å²) in [6.07, 6.45) is -4.47. The summed E-state index contributed by atoms with van der Waals surface area (Å²) in [5, 5.41) is 1.38. The average Bonchev–Trinajstić information content (AvgIpc) is 2.88. The lowest BCUT2D eigenvalue weighted by atomic mass is 9.97. The standard InChI is InChI=1S/C28H30F3N3O5/c1-18(2)25-27(38)34(23(21-13-9-6-10-14-21)16-32(25)24(36)17-39-4)33(19(3)35)22(26(37)28(29,30)31)15-20-11-7-5-8-12-20/h5-14,16,18,22,25H,15,17H2,1-4H3/t22?,25-/m1/s1. The summed E-state index contributed by atoms with van der Waals surface area (Å²) in [6.45, 7) is 3.96. The number of carbonyl (C=O) groups excluding carboxylic acids is 4. The van der Waals surface area contributed by atoms with Crippen LogP contribution in [0.25, 0.3) is 5.70 Å². The highest BCUT2D eigenvalue weighted by molar-refractivity contribution is 6.00. The molecular weight excluding hydrogens is 515 g/mol. The molecule has 1 aliphatic heterocycles. The van der Waals surface area contributed by atoms with Crippen LogP contribution < -0.4 is 0 Å². The van der Waals surface area contributed by atoms with Crippen LogP contribution in [0.2, 0.25) is 0 Å². The summed E-state index contributed by atoms with van der Waals surface area (Å²) in [7, 11) is 1.32. The Balaban J connectivity index is 2.28. The van der Waals surface area contributed by atoms with E-state index in [0.717, 1.165) is 11.9 Å². The number of ether oxygens (including phenoxy) is 1. The largest absolute Gasteiger partial charge is 0.452 e. The quantitative estimate of drug-likeness (QED) is 0.478. The third-order valence-electron chi connectivity index (χ3n) is 6.20. The maximum atomic E-state index is 14.1. The van der Waals surface area contributed by atoms with Gasteiger partial charge in [-0.15, -0.1) is 0 Å². The Hall–Kier alpha value is -3.99. The summed E-state index contributed by atoms with van der Waals surface area (Å²) in [4.78, 5) is 54.2. The van der Waals surface area contributed by atoms with Crippen LogP contribution in [0.15, 0.2) is 66.9 Å². The van der Waals surface area contributed by atoms with Crippen molar-refractivity contribution in [3.05, 3.63) is 78.0 Å². The van der Waals surface area contributed by atoms with Crippen LogP contribution in [0.1, 0.15) is 31.9 Å². The Kier molecular flexibility index (Phi) is 9.28. The maximum absolute atomic E-state index is 14.1. The first-order valence-corrected chi connectivity index (χ1v) is 12.2. The lowest BCUT2D eigenvalue weighted by molar-refractivity contribution is -0.187. The van der Waals surface area contributed by atoms with E-state index >= 15 is 0 Å². The van der Waals surface area contributed by atoms with E-state index < -0.39 is 54.1 Å². The predicted octanol–water partition coefficient (Wildman–Crippen LogP) is 3.83. The molecule has 0 saturated carbocycles. The van der Waals surface area contributed by atoms with Crippen LogP contribution in [0.5, 0.6) is 0 Å². The van der Waals surface area contributed by atoms with Gasteiger partial charge >= 0.3 is 6.18 Å². The molecule has 0 spiro atoms. The molecule has 39 heavy (non-hydrogen) atoms. The lowest BCUT2D eigenvalue weighted by Crippen LogP contribution is -2.64. The van der Waals surface area contributed by atoms with Crippen molar-refractivity contribution in [3.63, 3.8) is 0 Å². The average molecular weight is 546 g/mol. The number of alkyl halides is 3. The predicted molar refractivity (Wildman–Crippen MR) is 136 cm³/mol. The van der Waals surface area contributed by atoms with Crippen LogP contribution in [-0.4, -0.2) is 70.4 Å². The molecule has 11 heteroatoms. The number of Topliss-reactive ketones (excluding diaryl/α,β-unsaturated/α-hetero) is 1. The minimum atomic E-state index is -5.29. The summed E-state index contributed by atoms with van der Waals surface area (Å²) in [5.41, 5.74) is 0.663. The fraction of sp³-hybridized carbons (Fsp3) is 0.357. The molecule has 2 aromatic rings. The summed E-state index contributed by atoms with van der Waals surface area (Å²) < 4.78 is 46.7. The smallest absolute Gasteiger partial charge is 0.375 e. The van der Waals surface area contributed by atoms with Gasteiger partial charge in [0.2, 0.25) is 5.91 Å². The highest BCUT2D eigenvalue weighted by Gasteiger charge is 2.51. The van der Waals surface area contributed by atoms with Gasteiger partial charge in [-0.3, -0.25) is 19.2 Å². The number of hydrogen-bond donors (Lipinski definition) is 0. The molecule has 0 bridgehead atoms. The molecule has 1 heterocycles. The first kappa shape index (κ1) is 29.6. The van der Waals surface area contributed by atoms with E-state index in [4.69, 9.17) is 4.74 Å². The minimum Gasteiger partial charge on any atom is -0.375 e. The lowest BCUT2D eigenvalue weighted by Gasteiger charge is -2.47. The summed E-state index contributed by atoms with van der Waals surface area (Å²) >= 11 is 0. The molecular formula is C28H30F3N3O5. The van der Waals surface area contributed by atoms with E-state index in [1.807, 2.05) is 0 Å². The van der Waals surface area contributed by atoms with E-state index in [2.05, 4.69) is 0 Å². The van der Waals surface area contributed by atoms with Crippen LogP contribution in [0.4, 0.5) is 13.2 Å². The number of amides is 3. The monoisotopic (exact) mass is 545 g/mol. The number of methoxy groups -OCH3 is 1. The first-order chi connectivity index (χ1) is 18.4. The van der Waals surface area contributed by atoms with E-state index in [1.54, 1.807) is 62.4 Å². The topological polar surface area (TPSA) is 87.2 Å². The number of nitrogens with zero attached hydrogens (tertiary/aromatic N) is 3. The Morgan fingerprint density at radius 2 is 1.56 bits per heavy atom. The van der Waals surface area contributed by atoms with E-state index in [-0.39, 0.29) is 12.3 Å². The second kappa shape index (κ2) is 12.2. The fourth-order valence-electron chi connectivity index (χ4n) is 4.51. The number of halogens is 3. The van der Waals surface area contributed by atoms with Crippen LogP contribution in [-0.2, 0) is 30.3 Å². The molecule has 0 saturated heterocycles. The second-order valence-corrected chi connectivity index (χ2v) is 9.38. The van der Waals surface area contributed by atoms with Crippen molar-refractivity contribution >= 4 is 29.2 Å². The van der Waals surface area contributed by atoms with Crippen molar-refractivity contribution < 1.29 is 37.1 Å². The number of hydrazine groups is 1. The van der Waals surface area contributed by atoms with Gasteiger partial charge in [-0.1, -0.05) is 74.5 Å². The van der Waals surface area contributed by atoms with Gasteiger partial charge in [0.05, 0.1) is 5.70 Å². The summed E-state index contributed by atoms with van der Waals surface area (Å²) in [5.74, 6) is -5.03. The third kappa shape index (κ3) is 6.54. The molecule has 0 N–H and O–H groups in total. The van der Waals surface area contributed by atoms with Crippen molar-refractivity contribution in [2.75, 3.05) is 13.7 Å². The zero-order chi connectivity index (χ0) is 28.9. The molecule has 208 valence electrons. The Morgan fingerprint density at radius 1 is 1.00 bits per heavy atom. The van der Waals surface area contributed by atoms with Gasteiger partial charge in [0.1, 0.15) is 18.7 Å². The molecule has 1 unspecified atom stereocenters. The van der Waals surface area contributed by atoms with Gasteiger partial charge in [-0.05, 0) is 11.5 Å². The third-order valence-corrected chi connectivity index (χ3v) is 6.20. The molecule has 0 radical (unpaired) electrons. The molecule has 0 fully saturated rings. The van der Waals surface area contributed by atoms with Crippen LogP contribution in [0.3, 0.4) is 0 Å². The molecule has 0 aliphatic carbocycles. The molecule has 3 amide bonds. The molecule has 1 aliphatic rings. The fourth-order valence-corrected chi connectivity index (χ4v) is 4.51. The molecule has 3 rings (SSSR count). The molecule has 8 nitrogen and oxygen atoms in total. The number of hydrogen-bond acceptors (Lipinski definition) is 5. The van der Waals surface area contributed by atoms with Gasteiger partial charge in [-0.2, -0.15) is 13.2 Å². The minimum absolute atomic E-state index is 0.0369. The Morgan fingerprint density at radius 3 is 2.05 bits per heavy atom. The van der Waals surface area contributed by atoms with Crippen LogP contribution >= 0.6 is 0 Å². The van der Waals surface area contributed by atoms with Crippen LogP contribution in [0, 0.1) is 5.92 Å². The van der Waals surface area contributed by atoms with Gasteiger partial charge in [0.25, 0.3) is 17.6 Å².